The minimum atomic E-state index is -0.639. The molecule has 0 amide bonds. The minimum Gasteiger partial charge on any atom is -0.793 e. The van der Waals surface area contributed by atoms with Gasteiger partial charge in [0.2, 0.25) is 5.97 Å². The Morgan fingerprint density at radius 1 is 0.769 bits per heavy atom. The summed E-state index contributed by atoms with van der Waals surface area (Å²) in [6.07, 6.45) is 13.1. The SMILES string of the molecule is CC(=O)OOC(C)=O.CCO.O=CC1=CCC=N1.OCCCCc1ccccc1.OCCN(CC1=CCC=N1)Cc1ccccc1.[B-]OC(C)=O.[Na+]. The van der Waals surface area contributed by atoms with Crippen molar-refractivity contribution in [3.8, 4) is 0 Å². The van der Waals surface area contributed by atoms with Crippen LogP contribution in [0.25, 0.3) is 0 Å². The number of aliphatic imine (C=N–C) groups is 2. The van der Waals surface area contributed by atoms with E-state index in [2.05, 4.69) is 67.7 Å². The van der Waals surface area contributed by atoms with Crippen molar-refractivity contribution in [2.75, 3.05) is 32.9 Å². The van der Waals surface area contributed by atoms with Gasteiger partial charge in [-0.05, 0) is 37.3 Å². The molecule has 2 heterocycles. The van der Waals surface area contributed by atoms with Gasteiger partial charge in [-0.15, -0.1) is 0 Å². The summed E-state index contributed by atoms with van der Waals surface area (Å²) in [4.78, 5) is 56.9. The second-order valence-electron chi connectivity index (χ2n) is 10.2. The maximum absolute atomic E-state index is 9.85. The molecule has 0 aromatic heterocycles. The number of hydrogen-bond donors (Lipinski definition) is 3. The number of aliphatic hydroxyl groups excluding tert-OH is 3. The summed E-state index contributed by atoms with van der Waals surface area (Å²) in [5.74, 6) is -1.74. The molecule has 2 aliphatic rings. The normalized spacial score (nSPS) is 11.2. The van der Waals surface area contributed by atoms with E-state index in [4.69, 9.17) is 15.3 Å². The fraction of sp³-hybridized carbons (Fsp3) is 0.405. The predicted molar refractivity (Wildman–Crippen MR) is 198 cm³/mol. The zero-order valence-electron chi connectivity index (χ0n) is 31.1. The molecule has 279 valence electrons. The van der Waals surface area contributed by atoms with Crippen LogP contribution in [0.2, 0.25) is 0 Å². The molecule has 0 unspecified atom stereocenters. The molecule has 0 saturated heterocycles. The van der Waals surface area contributed by atoms with Gasteiger partial charge in [0.15, 0.2) is 6.29 Å². The maximum Gasteiger partial charge on any atom is 1.00 e. The van der Waals surface area contributed by atoms with Gasteiger partial charge in [0.05, 0.1) is 18.0 Å². The number of allylic oxidation sites excluding steroid dienone is 3. The molecule has 0 aliphatic carbocycles. The van der Waals surface area contributed by atoms with Crippen molar-refractivity contribution in [2.45, 2.75) is 66.3 Å². The number of aliphatic hydroxyl groups is 3. The second-order valence-corrected chi connectivity index (χ2v) is 10.2. The van der Waals surface area contributed by atoms with Crippen LogP contribution in [0.5, 0.6) is 0 Å². The van der Waals surface area contributed by atoms with E-state index < -0.39 is 17.9 Å². The van der Waals surface area contributed by atoms with Crippen LogP contribution in [-0.2, 0) is 46.6 Å². The summed E-state index contributed by atoms with van der Waals surface area (Å²) in [6.45, 7) is 8.30. The molecule has 2 aromatic rings. The Balaban J connectivity index is -0.000000599. The smallest absolute Gasteiger partial charge is 0.793 e. The van der Waals surface area contributed by atoms with E-state index in [0.29, 0.717) is 18.8 Å². The molecule has 0 atom stereocenters. The molecule has 15 heteroatoms. The van der Waals surface area contributed by atoms with Gasteiger partial charge in [0, 0.05) is 78.9 Å². The number of benzene rings is 2. The molecule has 0 spiro atoms. The van der Waals surface area contributed by atoms with Crippen molar-refractivity contribution < 1.29 is 78.5 Å². The van der Waals surface area contributed by atoms with E-state index in [0.717, 1.165) is 71.0 Å². The summed E-state index contributed by atoms with van der Waals surface area (Å²) in [6, 6.07) is 20.7. The summed E-state index contributed by atoms with van der Waals surface area (Å²) < 4.78 is 3.61. The fourth-order valence-corrected chi connectivity index (χ4v) is 3.61. The fourth-order valence-electron chi connectivity index (χ4n) is 3.61. The first-order valence-corrected chi connectivity index (χ1v) is 16.3. The molecule has 3 N–H and O–H groups in total. The van der Waals surface area contributed by atoms with Gasteiger partial charge in [0.1, 0.15) is 0 Å². The summed E-state index contributed by atoms with van der Waals surface area (Å²) in [7, 11) is 4.32. The van der Waals surface area contributed by atoms with Gasteiger partial charge in [0.25, 0.3) is 0 Å². The van der Waals surface area contributed by atoms with Crippen LogP contribution < -0.4 is 29.6 Å². The first-order valence-electron chi connectivity index (χ1n) is 16.3. The molecular weight excluding hydrogens is 680 g/mol. The standard InChI is InChI=1S/C14H18N2O.C10H14O.C5H5NO.C4H6O4.C2H3BO2.C2H6O.Na/c17-10-9-16(12-14-7-4-8-15-14)11-13-5-2-1-3-6-13;11-9-5-4-8-10-6-2-1-3-7-10;7-4-5-2-1-3-6-5;1-3(5)7-8-4(2)6;1-2(4)5-3;1-2-3;/h1-3,5-8,17H,4,9-12H2;1-3,6-7,11H,4-5,8-9H2;2-4H,1H2;1-2H3;1H3;3H,2H2,1H3;/q;;;;-1;;+1. The molecule has 0 fully saturated rings. The minimum absolute atomic E-state index is 0. The van der Waals surface area contributed by atoms with E-state index in [1.54, 1.807) is 19.2 Å². The summed E-state index contributed by atoms with van der Waals surface area (Å²) >= 11 is 0. The molecule has 13 nitrogen and oxygen atoms in total. The van der Waals surface area contributed by atoms with Crippen molar-refractivity contribution >= 4 is 44.7 Å². The Bertz CT molecular complexity index is 1310. The van der Waals surface area contributed by atoms with E-state index in [-0.39, 0.29) is 42.8 Å². The van der Waals surface area contributed by atoms with Gasteiger partial charge >= 0.3 is 41.5 Å². The molecule has 2 aliphatic heterocycles. The monoisotopic (exact) mass is 732 g/mol. The van der Waals surface area contributed by atoms with Gasteiger partial charge in [-0.25, -0.2) is 19.4 Å². The van der Waals surface area contributed by atoms with E-state index in [9.17, 15) is 19.2 Å². The Morgan fingerprint density at radius 2 is 1.27 bits per heavy atom. The number of hydrogen-bond acceptors (Lipinski definition) is 13. The van der Waals surface area contributed by atoms with E-state index in [1.807, 2.05) is 42.6 Å². The van der Waals surface area contributed by atoms with E-state index >= 15 is 0 Å². The molecule has 3 radical (unpaired) electrons. The largest absolute Gasteiger partial charge is 1.00 e. The molecule has 0 bridgehead atoms. The number of unbranched alkanes of at least 4 members (excludes halogenated alkanes) is 1. The summed E-state index contributed by atoms with van der Waals surface area (Å²) in [5, 5.41) is 25.2. The predicted octanol–water partition coefficient (Wildman–Crippen LogP) is 1.05. The first-order chi connectivity index (χ1) is 24.6. The van der Waals surface area contributed by atoms with Gasteiger partial charge < -0.3 is 28.0 Å². The number of rotatable bonds is 11. The van der Waals surface area contributed by atoms with Crippen LogP contribution in [-0.4, -0.2) is 97.8 Å². The third-order valence-electron chi connectivity index (χ3n) is 5.72. The zero-order valence-corrected chi connectivity index (χ0v) is 33.1. The topological polar surface area (TPSA) is 185 Å². The van der Waals surface area contributed by atoms with Gasteiger partial charge in [-0.2, -0.15) is 0 Å². The second kappa shape index (κ2) is 38.5. The molecule has 4 rings (SSSR count). The molecule has 0 saturated carbocycles. The van der Waals surface area contributed by atoms with Crippen molar-refractivity contribution in [1.29, 1.82) is 0 Å². The van der Waals surface area contributed by atoms with E-state index in [1.165, 1.54) is 18.1 Å². The molecule has 52 heavy (non-hydrogen) atoms. The van der Waals surface area contributed by atoms with Crippen LogP contribution in [0.1, 0.15) is 64.5 Å². The van der Waals surface area contributed by atoms with Crippen molar-refractivity contribution in [3.63, 3.8) is 0 Å². The van der Waals surface area contributed by atoms with Crippen LogP contribution in [0.3, 0.4) is 0 Å². The third-order valence-corrected chi connectivity index (χ3v) is 5.72. The van der Waals surface area contributed by atoms with Gasteiger partial charge in [-0.1, -0.05) is 72.8 Å². The average Bonchev–Trinajstić information content (AvgIpc) is 3.85. The molecule has 2 aromatic carbocycles. The van der Waals surface area contributed by atoms with Crippen LogP contribution >= 0.6 is 0 Å². The number of aldehydes is 1. The Kier molecular flexibility index (Phi) is 38.9. The quantitative estimate of drug-likeness (QED) is 0.0987. The average molecular weight is 733 g/mol. The van der Waals surface area contributed by atoms with Crippen LogP contribution in [0.4, 0.5) is 0 Å². The van der Waals surface area contributed by atoms with Crippen molar-refractivity contribution in [1.82, 2.24) is 4.90 Å². The molecular formula is C37H52BN3NaO10. The van der Waals surface area contributed by atoms with Crippen molar-refractivity contribution in [3.05, 3.63) is 95.3 Å². The Hall–Kier alpha value is -3.76. The summed E-state index contributed by atoms with van der Waals surface area (Å²) in [5.41, 5.74) is 4.29. The number of carbonyl (C=O) groups excluding carboxylic acids is 4. The Morgan fingerprint density at radius 3 is 1.63 bits per heavy atom. The maximum atomic E-state index is 9.85. The van der Waals surface area contributed by atoms with Crippen LogP contribution in [0, 0.1) is 0 Å². The van der Waals surface area contributed by atoms with Gasteiger partial charge in [-0.3, -0.25) is 24.5 Å². The number of aryl methyl sites for hydroxylation is 1. The Labute approximate surface area is 331 Å². The zero-order chi connectivity index (χ0) is 38.5. The van der Waals surface area contributed by atoms with Crippen molar-refractivity contribution in [2.24, 2.45) is 9.98 Å². The number of carbonyl (C=O) groups is 4. The first kappa shape index (κ1) is 52.6. The third kappa shape index (κ3) is 36.0. The van der Waals surface area contributed by atoms with Crippen LogP contribution in [0.15, 0.2) is 94.2 Å². The number of nitrogens with zero attached hydrogens (tertiary/aromatic N) is 3.